The van der Waals surface area contributed by atoms with Gasteiger partial charge in [-0.15, -0.1) is 0 Å². The van der Waals surface area contributed by atoms with Gasteiger partial charge in [-0.3, -0.25) is 0 Å². The highest BCUT2D eigenvalue weighted by atomic mass is 35.5. The number of halogens is 1. The maximum absolute atomic E-state index is 11.9. The van der Waals surface area contributed by atoms with Crippen LogP contribution in [0.5, 0.6) is 0 Å². The van der Waals surface area contributed by atoms with Crippen LogP contribution < -0.4 is 5.73 Å². The zero-order chi connectivity index (χ0) is 24.2. The molecule has 3 aromatic heterocycles. The molecule has 0 radical (unpaired) electrons. The molecule has 13 heteroatoms. The molecule has 0 unspecified atom stereocenters. The normalized spacial score (nSPS) is 15.9. The molecule has 1 saturated heterocycles. The highest BCUT2D eigenvalue weighted by Gasteiger charge is 2.30. The van der Waals surface area contributed by atoms with Gasteiger partial charge in [-0.25, -0.2) is 32.2 Å². The van der Waals surface area contributed by atoms with E-state index in [1.807, 2.05) is 0 Å². The number of nitrogen functional groups attached to an aromatic ring is 1. The monoisotopic (exact) mass is 503 g/mol. The molecule has 3 N–H and O–H groups in total. The minimum Gasteiger partial charge on any atom is -0.465 e. The number of ether oxygens (including phenoxy) is 1. The van der Waals surface area contributed by atoms with Crippen molar-refractivity contribution in [2.45, 2.75) is 18.9 Å². The predicted molar refractivity (Wildman–Crippen MR) is 128 cm³/mol. The number of methoxy groups -OCH3 is 1. The van der Waals surface area contributed by atoms with Gasteiger partial charge in [-0.1, -0.05) is 17.7 Å². The second-order valence-corrected chi connectivity index (χ2v) is 10.6. The molecule has 34 heavy (non-hydrogen) atoms. The summed E-state index contributed by atoms with van der Waals surface area (Å²) in [6.07, 6.45) is 3.75. The zero-order valence-corrected chi connectivity index (χ0v) is 20.0. The van der Waals surface area contributed by atoms with Crippen LogP contribution in [0.15, 0.2) is 24.5 Å². The van der Waals surface area contributed by atoms with E-state index in [9.17, 15) is 13.2 Å². The van der Waals surface area contributed by atoms with E-state index >= 15 is 0 Å². The first-order valence-electron chi connectivity index (χ1n) is 10.5. The number of anilines is 1. The van der Waals surface area contributed by atoms with Crippen LogP contribution in [0.3, 0.4) is 0 Å². The van der Waals surface area contributed by atoms with E-state index < -0.39 is 16.0 Å². The standard InChI is InChI=1S/C21H22ClN7O4S/c1-33-21(30)11-3-4-13-14(9-11)26-18(16(13)22)17-15-19(23)24-10-25-20(15)29(27-17)12-5-7-28(8-6-12)34(2,31)32/h3-4,9-10,12,26H,5-8H2,1-2H3,(H2,23,24,25). The Morgan fingerprint density at radius 3 is 2.68 bits per heavy atom. The lowest BCUT2D eigenvalue weighted by Gasteiger charge is -2.30. The van der Waals surface area contributed by atoms with Gasteiger partial charge in [0.1, 0.15) is 17.8 Å². The summed E-state index contributed by atoms with van der Waals surface area (Å²) in [6.45, 7) is 0.786. The Labute approximate surface area is 199 Å². The Hall–Kier alpha value is -3.22. The van der Waals surface area contributed by atoms with Crippen LogP contribution in [0.25, 0.3) is 33.3 Å². The third-order valence-electron chi connectivity index (χ3n) is 6.15. The Kier molecular flexibility index (Phi) is 5.46. The fraction of sp³-hybridized carbons (Fsp3) is 0.333. The maximum Gasteiger partial charge on any atom is 0.337 e. The Bertz CT molecular complexity index is 1540. The molecule has 1 fully saturated rings. The van der Waals surface area contributed by atoms with Crippen LogP contribution in [-0.4, -0.2) is 69.9 Å². The van der Waals surface area contributed by atoms with Crippen LogP contribution in [0.4, 0.5) is 5.82 Å². The number of nitrogens with zero attached hydrogens (tertiary/aromatic N) is 5. The average molecular weight is 504 g/mol. The van der Waals surface area contributed by atoms with E-state index in [-0.39, 0.29) is 11.9 Å². The summed E-state index contributed by atoms with van der Waals surface area (Å²) >= 11 is 6.72. The van der Waals surface area contributed by atoms with E-state index in [4.69, 9.17) is 27.2 Å². The van der Waals surface area contributed by atoms with Crippen molar-refractivity contribution in [3.8, 4) is 11.4 Å². The van der Waals surface area contributed by atoms with Gasteiger partial charge in [0.25, 0.3) is 0 Å². The van der Waals surface area contributed by atoms with Gasteiger partial charge < -0.3 is 15.5 Å². The van der Waals surface area contributed by atoms with Gasteiger partial charge >= 0.3 is 5.97 Å². The Morgan fingerprint density at radius 1 is 1.26 bits per heavy atom. The highest BCUT2D eigenvalue weighted by Crippen LogP contribution is 2.40. The predicted octanol–water partition coefficient (Wildman–Crippen LogP) is 2.59. The molecule has 5 rings (SSSR count). The summed E-state index contributed by atoms with van der Waals surface area (Å²) in [5.74, 6) is -0.202. The number of H-pyrrole nitrogens is 1. The SMILES string of the molecule is COC(=O)c1ccc2c(Cl)c(-c3nn(C4CCN(S(C)(=O)=O)CC4)c4ncnc(N)c34)[nH]c2c1. The number of fused-ring (bicyclic) bond motifs is 2. The molecule has 4 aromatic rings. The van der Waals surface area contributed by atoms with Crippen molar-refractivity contribution in [3.63, 3.8) is 0 Å². The summed E-state index contributed by atoms with van der Waals surface area (Å²) in [6, 6.07) is 4.97. The molecule has 0 amide bonds. The fourth-order valence-corrected chi connectivity index (χ4v) is 5.59. The molecule has 1 aromatic carbocycles. The second-order valence-electron chi connectivity index (χ2n) is 8.21. The smallest absolute Gasteiger partial charge is 0.337 e. The van der Waals surface area contributed by atoms with Crippen LogP contribution >= 0.6 is 11.6 Å². The molecular weight excluding hydrogens is 482 g/mol. The number of rotatable bonds is 4. The van der Waals surface area contributed by atoms with Crippen molar-refractivity contribution in [1.82, 2.24) is 29.0 Å². The molecule has 178 valence electrons. The van der Waals surface area contributed by atoms with Gasteiger partial charge in [0, 0.05) is 24.0 Å². The number of carbonyl (C=O) groups is 1. The minimum absolute atomic E-state index is 0.0716. The first-order chi connectivity index (χ1) is 16.2. The quantitative estimate of drug-likeness (QED) is 0.403. The topological polar surface area (TPSA) is 149 Å². The lowest BCUT2D eigenvalue weighted by molar-refractivity contribution is 0.0601. The number of hydrogen-bond acceptors (Lipinski definition) is 8. The molecule has 0 bridgehead atoms. The summed E-state index contributed by atoms with van der Waals surface area (Å²) in [5, 5.41) is 6.51. The molecule has 4 heterocycles. The zero-order valence-electron chi connectivity index (χ0n) is 18.4. The third kappa shape index (κ3) is 3.67. The Morgan fingerprint density at radius 2 is 2.00 bits per heavy atom. The lowest BCUT2D eigenvalue weighted by Crippen LogP contribution is -2.38. The molecular formula is C21H22ClN7O4S. The van der Waals surface area contributed by atoms with Gasteiger partial charge in [0.15, 0.2) is 5.65 Å². The summed E-state index contributed by atoms with van der Waals surface area (Å²) in [7, 11) is -1.93. The van der Waals surface area contributed by atoms with E-state index in [1.54, 1.807) is 22.9 Å². The van der Waals surface area contributed by atoms with Gasteiger partial charge in [-0.2, -0.15) is 5.10 Å². The minimum atomic E-state index is -3.25. The number of aromatic amines is 1. The number of esters is 1. The second kappa shape index (κ2) is 8.22. The van der Waals surface area contributed by atoms with E-state index in [2.05, 4.69) is 15.0 Å². The van der Waals surface area contributed by atoms with E-state index in [1.165, 1.54) is 24.0 Å². The average Bonchev–Trinajstić information content (AvgIpc) is 3.36. The van der Waals surface area contributed by atoms with Gasteiger partial charge in [0.05, 0.1) is 41.1 Å². The van der Waals surface area contributed by atoms with Crippen molar-refractivity contribution in [2.24, 2.45) is 0 Å². The van der Waals surface area contributed by atoms with Crippen LogP contribution in [-0.2, 0) is 14.8 Å². The number of carbonyl (C=O) groups excluding carboxylic acids is 1. The third-order valence-corrected chi connectivity index (χ3v) is 7.85. The van der Waals surface area contributed by atoms with Crippen LogP contribution in [0.2, 0.25) is 5.02 Å². The van der Waals surface area contributed by atoms with Crippen molar-refractivity contribution >= 4 is 55.3 Å². The molecule has 0 spiro atoms. The summed E-state index contributed by atoms with van der Waals surface area (Å²) in [5.41, 5.74) is 8.82. The largest absolute Gasteiger partial charge is 0.465 e. The summed E-state index contributed by atoms with van der Waals surface area (Å²) in [4.78, 5) is 23.7. The first-order valence-corrected chi connectivity index (χ1v) is 12.8. The molecule has 11 nitrogen and oxygen atoms in total. The van der Waals surface area contributed by atoms with Gasteiger partial charge in [-0.05, 0) is 25.0 Å². The number of benzene rings is 1. The van der Waals surface area contributed by atoms with Crippen molar-refractivity contribution in [3.05, 3.63) is 35.1 Å². The maximum atomic E-state index is 11.9. The van der Waals surface area contributed by atoms with Crippen LogP contribution in [0.1, 0.15) is 29.2 Å². The van der Waals surface area contributed by atoms with Gasteiger partial charge in [0.2, 0.25) is 10.0 Å². The number of aromatic nitrogens is 5. The van der Waals surface area contributed by atoms with E-state index in [0.29, 0.717) is 69.8 Å². The lowest BCUT2D eigenvalue weighted by atomic mass is 10.1. The number of sulfonamides is 1. The molecule has 1 aliphatic heterocycles. The van der Waals surface area contributed by atoms with E-state index in [0.717, 1.165) is 0 Å². The van der Waals surface area contributed by atoms with Crippen molar-refractivity contribution in [1.29, 1.82) is 0 Å². The van der Waals surface area contributed by atoms with Crippen molar-refractivity contribution in [2.75, 3.05) is 32.2 Å². The number of nitrogens with one attached hydrogen (secondary N) is 1. The molecule has 1 aliphatic rings. The summed E-state index contributed by atoms with van der Waals surface area (Å²) < 4.78 is 31.9. The number of piperidine rings is 1. The highest BCUT2D eigenvalue weighted by molar-refractivity contribution is 7.88. The Balaban J connectivity index is 1.62. The molecule has 0 saturated carbocycles. The fourth-order valence-electron chi connectivity index (χ4n) is 4.41. The van der Waals surface area contributed by atoms with Crippen molar-refractivity contribution < 1.29 is 17.9 Å². The molecule has 0 aliphatic carbocycles. The number of hydrogen-bond donors (Lipinski definition) is 2. The van der Waals surface area contributed by atoms with Crippen LogP contribution in [0, 0.1) is 0 Å². The number of nitrogens with two attached hydrogens (primary N) is 1. The first kappa shape index (κ1) is 22.6. The molecule has 0 atom stereocenters.